The lowest BCUT2D eigenvalue weighted by atomic mass is 9.87. The lowest BCUT2D eigenvalue weighted by Crippen LogP contribution is -2.47. The zero-order chi connectivity index (χ0) is 21.7. The molecule has 1 aromatic rings. The third-order valence-corrected chi connectivity index (χ3v) is 6.21. The molecule has 4 atom stereocenters. The van der Waals surface area contributed by atoms with E-state index in [2.05, 4.69) is 38.0 Å². The van der Waals surface area contributed by atoms with Crippen LogP contribution in [0.1, 0.15) is 92.4 Å². The predicted molar refractivity (Wildman–Crippen MR) is 124 cm³/mol. The van der Waals surface area contributed by atoms with E-state index in [-0.39, 0.29) is 12.6 Å². The molecule has 0 aliphatic carbocycles. The molecule has 3 N–H and O–H groups in total. The van der Waals surface area contributed by atoms with Crippen LogP contribution in [0, 0.1) is 17.8 Å². The molecule has 0 amide bonds. The summed E-state index contributed by atoms with van der Waals surface area (Å²) in [6.07, 6.45) is 14.2. The minimum absolute atomic E-state index is 0.0976. The summed E-state index contributed by atoms with van der Waals surface area (Å²) < 4.78 is 0. The lowest BCUT2D eigenvalue weighted by Gasteiger charge is -2.33. The van der Waals surface area contributed by atoms with Gasteiger partial charge in [0.2, 0.25) is 0 Å². The van der Waals surface area contributed by atoms with Crippen LogP contribution >= 0.6 is 0 Å². The second-order valence-corrected chi connectivity index (χ2v) is 9.83. The monoisotopic (exact) mass is 406 g/mol. The summed E-state index contributed by atoms with van der Waals surface area (Å²) in [4.78, 5) is 4.00. The van der Waals surface area contributed by atoms with Gasteiger partial charge in [0.05, 0.1) is 18.2 Å². The van der Waals surface area contributed by atoms with E-state index in [0.717, 1.165) is 30.4 Å². The summed E-state index contributed by atoms with van der Waals surface area (Å²) in [5, 5.41) is 23.9. The van der Waals surface area contributed by atoms with Gasteiger partial charge in [-0.2, -0.15) is 0 Å². The smallest absolute Gasteiger partial charge is 0.0842 e. The van der Waals surface area contributed by atoms with Crippen molar-refractivity contribution in [3.63, 3.8) is 0 Å². The lowest BCUT2D eigenvalue weighted by molar-refractivity contribution is 0.0101. The van der Waals surface area contributed by atoms with Gasteiger partial charge < -0.3 is 15.5 Å². The number of nitrogens with zero attached hydrogens (tertiary/aromatic N) is 1. The predicted octanol–water partition coefficient (Wildman–Crippen LogP) is 6.04. The summed E-state index contributed by atoms with van der Waals surface area (Å²) in [5.41, 5.74) is -0.0712. The number of rotatable bonds is 16. The van der Waals surface area contributed by atoms with Crippen molar-refractivity contribution in [2.75, 3.05) is 11.9 Å². The van der Waals surface area contributed by atoms with Crippen molar-refractivity contribution in [2.45, 2.75) is 104 Å². The minimum Gasteiger partial charge on any atom is -0.394 e. The average molecular weight is 407 g/mol. The molecule has 4 heteroatoms. The van der Waals surface area contributed by atoms with Crippen molar-refractivity contribution in [2.24, 2.45) is 17.8 Å². The third-order valence-electron chi connectivity index (χ3n) is 6.21. The minimum atomic E-state index is -0.942. The van der Waals surface area contributed by atoms with E-state index >= 15 is 0 Å². The van der Waals surface area contributed by atoms with E-state index in [9.17, 15) is 10.2 Å². The first-order valence-electron chi connectivity index (χ1n) is 11.7. The quantitative estimate of drug-likeness (QED) is 0.313. The molecule has 168 valence electrons. The standard InChI is InChI=1S/C25H46N2O2/c1-20(2)9-6-10-21(3)11-7-12-22(4)13-8-16-25(5,29)24(19-28)27-23-14-17-26-18-15-23/h14-15,17-18,20-22,24,28-29H,6-13,16,19H2,1-5H3,(H,26,27). The Labute approximate surface area is 179 Å². The van der Waals surface area contributed by atoms with Crippen LogP contribution in [0.15, 0.2) is 24.5 Å². The number of aliphatic hydroxyl groups is 2. The Morgan fingerprint density at radius 1 is 0.897 bits per heavy atom. The van der Waals surface area contributed by atoms with E-state index in [1.807, 2.05) is 19.1 Å². The molecule has 0 aliphatic heterocycles. The van der Waals surface area contributed by atoms with Crippen molar-refractivity contribution in [3.05, 3.63) is 24.5 Å². The van der Waals surface area contributed by atoms with E-state index in [4.69, 9.17) is 0 Å². The normalized spacial score (nSPS) is 17.0. The van der Waals surface area contributed by atoms with Crippen LogP contribution in [0.5, 0.6) is 0 Å². The summed E-state index contributed by atoms with van der Waals surface area (Å²) in [6, 6.07) is 3.32. The van der Waals surface area contributed by atoms with Crippen LogP contribution in [0.3, 0.4) is 0 Å². The zero-order valence-corrected chi connectivity index (χ0v) is 19.5. The number of aromatic nitrogens is 1. The van der Waals surface area contributed by atoms with Gasteiger partial charge in [-0.3, -0.25) is 4.98 Å². The fraction of sp³-hybridized carbons (Fsp3) is 0.800. The Hall–Kier alpha value is -1.13. The van der Waals surface area contributed by atoms with Crippen molar-refractivity contribution in [1.29, 1.82) is 0 Å². The second-order valence-electron chi connectivity index (χ2n) is 9.83. The third kappa shape index (κ3) is 11.6. The molecule has 0 saturated heterocycles. The van der Waals surface area contributed by atoms with Gasteiger partial charge in [-0.15, -0.1) is 0 Å². The fourth-order valence-electron chi connectivity index (χ4n) is 4.01. The molecule has 1 rings (SSSR count). The fourth-order valence-corrected chi connectivity index (χ4v) is 4.01. The molecule has 0 aromatic carbocycles. The Morgan fingerprint density at radius 3 is 1.93 bits per heavy atom. The molecular weight excluding hydrogens is 360 g/mol. The van der Waals surface area contributed by atoms with E-state index in [1.165, 1.54) is 38.5 Å². The Morgan fingerprint density at radius 2 is 1.41 bits per heavy atom. The largest absolute Gasteiger partial charge is 0.394 e. The molecule has 4 unspecified atom stereocenters. The Balaban J connectivity index is 2.24. The highest BCUT2D eigenvalue weighted by Crippen LogP contribution is 2.25. The first-order valence-corrected chi connectivity index (χ1v) is 11.7. The topological polar surface area (TPSA) is 65.4 Å². The maximum atomic E-state index is 10.9. The summed E-state index contributed by atoms with van der Waals surface area (Å²) in [5.74, 6) is 2.35. The first-order chi connectivity index (χ1) is 13.7. The zero-order valence-electron chi connectivity index (χ0n) is 19.5. The molecule has 0 aliphatic rings. The van der Waals surface area contributed by atoms with Crippen LogP contribution in [0.4, 0.5) is 5.69 Å². The number of nitrogens with one attached hydrogen (secondary N) is 1. The van der Waals surface area contributed by atoms with Gasteiger partial charge >= 0.3 is 0 Å². The van der Waals surface area contributed by atoms with Gasteiger partial charge in [-0.1, -0.05) is 79.1 Å². The Kier molecular flexibility index (Phi) is 12.5. The van der Waals surface area contributed by atoms with Crippen LogP contribution in [-0.2, 0) is 0 Å². The molecule has 4 nitrogen and oxygen atoms in total. The summed E-state index contributed by atoms with van der Waals surface area (Å²) >= 11 is 0. The first kappa shape index (κ1) is 25.9. The maximum Gasteiger partial charge on any atom is 0.0842 e. The molecule has 1 aromatic heterocycles. The van der Waals surface area contributed by atoms with Gasteiger partial charge in [0.1, 0.15) is 0 Å². The van der Waals surface area contributed by atoms with Crippen molar-refractivity contribution < 1.29 is 10.2 Å². The SMILES string of the molecule is CC(C)CCCC(C)CCCC(C)CCCC(C)(O)C(CO)Nc1ccncc1. The highest BCUT2D eigenvalue weighted by atomic mass is 16.3. The second kappa shape index (κ2) is 14.0. The number of anilines is 1. The van der Waals surface area contributed by atoms with Gasteiger partial charge in [0.25, 0.3) is 0 Å². The van der Waals surface area contributed by atoms with Crippen molar-refractivity contribution in [3.8, 4) is 0 Å². The Bertz CT molecular complexity index is 519. The number of hydrogen-bond acceptors (Lipinski definition) is 4. The van der Waals surface area contributed by atoms with Gasteiger partial charge in [0.15, 0.2) is 0 Å². The summed E-state index contributed by atoms with van der Waals surface area (Å²) in [7, 11) is 0. The van der Waals surface area contributed by atoms with Crippen LogP contribution in [0.2, 0.25) is 0 Å². The van der Waals surface area contributed by atoms with Gasteiger partial charge in [-0.05, 0) is 43.2 Å². The number of hydrogen-bond donors (Lipinski definition) is 3. The van der Waals surface area contributed by atoms with Crippen LogP contribution in [0.25, 0.3) is 0 Å². The highest BCUT2D eigenvalue weighted by Gasteiger charge is 2.31. The molecule has 0 bridgehead atoms. The van der Waals surface area contributed by atoms with E-state index < -0.39 is 5.60 Å². The molecule has 0 saturated carbocycles. The average Bonchev–Trinajstić information content (AvgIpc) is 2.66. The molecule has 0 fully saturated rings. The number of aliphatic hydroxyl groups excluding tert-OH is 1. The number of pyridine rings is 1. The summed E-state index contributed by atoms with van der Waals surface area (Å²) in [6.45, 7) is 11.1. The highest BCUT2D eigenvalue weighted by molar-refractivity contribution is 5.42. The molecule has 0 spiro atoms. The van der Waals surface area contributed by atoms with E-state index in [0.29, 0.717) is 12.3 Å². The van der Waals surface area contributed by atoms with Crippen LogP contribution < -0.4 is 5.32 Å². The van der Waals surface area contributed by atoms with Gasteiger partial charge in [-0.25, -0.2) is 0 Å². The molecule has 1 heterocycles. The van der Waals surface area contributed by atoms with E-state index in [1.54, 1.807) is 12.4 Å². The molecular formula is C25H46N2O2. The molecule has 0 radical (unpaired) electrons. The molecule has 29 heavy (non-hydrogen) atoms. The van der Waals surface area contributed by atoms with Crippen molar-refractivity contribution in [1.82, 2.24) is 4.98 Å². The van der Waals surface area contributed by atoms with Crippen molar-refractivity contribution >= 4 is 5.69 Å². The van der Waals surface area contributed by atoms with Gasteiger partial charge in [0, 0.05) is 18.1 Å². The maximum absolute atomic E-state index is 10.9. The van der Waals surface area contributed by atoms with Crippen LogP contribution in [-0.4, -0.2) is 33.4 Å².